The first kappa shape index (κ1) is 17.8. The number of nitrogens with zero attached hydrogens (tertiary/aromatic N) is 1. The molecular formula is C17H24ClN3O2. The zero-order chi connectivity index (χ0) is 16.7. The van der Waals surface area contributed by atoms with Gasteiger partial charge in [0.25, 0.3) is 0 Å². The molecule has 0 saturated carbocycles. The molecule has 2 amide bonds. The van der Waals surface area contributed by atoms with Crippen LogP contribution in [0.25, 0.3) is 0 Å². The fraction of sp³-hybridized carbons (Fsp3) is 0.529. The first-order valence-corrected chi connectivity index (χ1v) is 8.45. The minimum Gasteiger partial charge on any atom is -0.369 e. The highest BCUT2D eigenvalue weighted by molar-refractivity contribution is 6.30. The van der Waals surface area contributed by atoms with Crippen molar-refractivity contribution in [2.24, 2.45) is 5.73 Å². The number of hydrogen-bond donors (Lipinski definition) is 2. The van der Waals surface area contributed by atoms with E-state index in [0.717, 1.165) is 43.8 Å². The molecule has 1 fully saturated rings. The predicted octanol–water partition coefficient (Wildman–Crippen LogP) is 1.73. The lowest BCUT2D eigenvalue weighted by Crippen LogP contribution is -2.46. The molecule has 1 aromatic rings. The first-order valence-electron chi connectivity index (χ1n) is 8.07. The summed E-state index contributed by atoms with van der Waals surface area (Å²) in [5, 5.41) is 3.82. The average molecular weight is 338 g/mol. The fourth-order valence-corrected chi connectivity index (χ4v) is 2.99. The lowest BCUT2D eigenvalue weighted by atomic mass is 10.0. The van der Waals surface area contributed by atoms with Crippen molar-refractivity contribution in [3.05, 3.63) is 34.9 Å². The van der Waals surface area contributed by atoms with Crippen molar-refractivity contribution in [2.45, 2.75) is 38.1 Å². The van der Waals surface area contributed by atoms with Gasteiger partial charge in [-0.25, -0.2) is 0 Å². The van der Waals surface area contributed by atoms with Crippen LogP contribution in [0.4, 0.5) is 0 Å². The number of carbonyl (C=O) groups excluding carboxylic acids is 2. The van der Waals surface area contributed by atoms with E-state index in [1.807, 2.05) is 29.2 Å². The minimum absolute atomic E-state index is 0.104. The SMILES string of the molecule is NC(=O)CN1CCC(NC(=O)CCCc2ccc(Cl)cc2)CC1. The van der Waals surface area contributed by atoms with E-state index in [1.54, 1.807) is 0 Å². The third-order valence-corrected chi connectivity index (χ3v) is 4.37. The zero-order valence-electron chi connectivity index (χ0n) is 13.3. The van der Waals surface area contributed by atoms with Crippen LogP contribution in [-0.4, -0.2) is 42.4 Å². The summed E-state index contributed by atoms with van der Waals surface area (Å²) in [4.78, 5) is 24.9. The highest BCUT2D eigenvalue weighted by Crippen LogP contribution is 2.13. The number of aryl methyl sites for hydroxylation is 1. The Labute approximate surface area is 142 Å². The van der Waals surface area contributed by atoms with E-state index >= 15 is 0 Å². The summed E-state index contributed by atoms with van der Waals surface area (Å²) in [5.41, 5.74) is 6.39. The Morgan fingerprint density at radius 3 is 2.48 bits per heavy atom. The van der Waals surface area contributed by atoms with Crippen molar-refractivity contribution >= 4 is 23.4 Å². The van der Waals surface area contributed by atoms with Crippen molar-refractivity contribution in [1.29, 1.82) is 0 Å². The van der Waals surface area contributed by atoms with Gasteiger partial charge < -0.3 is 11.1 Å². The average Bonchev–Trinajstić information content (AvgIpc) is 2.51. The Balaban J connectivity index is 1.62. The summed E-state index contributed by atoms with van der Waals surface area (Å²) in [6.45, 7) is 1.92. The molecule has 1 aromatic carbocycles. The minimum atomic E-state index is -0.297. The molecule has 6 heteroatoms. The maximum Gasteiger partial charge on any atom is 0.231 e. The van der Waals surface area contributed by atoms with Gasteiger partial charge in [-0.05, 0) is 43.4 Å². The normalized spacial score (nSPS) is 16.2. The molecule has 0 aromatic heterocycles. The number of hydrogen-bond acceptors (Lipinski definition) is 3. The predicted molar refractivity (Wildman–Crippen MR) is 91.2 cm³/mol. The molecule has 126 valence electrons. The van der Waals surface area contributed by atoms with Crippen molar-refractivity contribution in [2.75, 3.05) is 19.6 Å². The highest BCUT2D eigenvalue weighted by atomic mass is 35.5. The third kappa shape index (κ3) is 6.59. The van der Waals surface area contributed by atoms with Gasteiger partial charge >= 0.3 is 0 Å². The van der Waals surface area contributed by atoms with Crippen LogP contribution in [0.3, 0.4) is 0 Å². The van der Waals surface area contributed by atoms with Crippen molar-refractivity contribution in [1.82, 2.24) is 10.2 Å². The molecule has 23 heavy (non-hydrogen) atoms. The van der Waals surface area contributed by atoms with E-state index < -0.39 is 0 Å². The number of rotatable bonds is 7. The smallest absolute Gasteiger partial charge is 0.231 e. The molecule has 1 heterocycles. The summed E-state index contributed by atoms with van der Waals surface area (Å²) in [7, 11) is 0. The van der Waals surface area contributed by atoms with Gasteiger partial charge in [0.15, 0.2) is 0 Å². The Kier molecular flexibility index (Phi) is 6.86. The molecule has 0 bridgehead atoms. The number of nitrogens with two attached hydrogens (primary N) is 1. The van der Waals surface area contributed by atoms with Gasteiger partial charge in [0.1, 0.15) is 0 Å². The van der Waals surface area contributed by atoms with Crippen molar-refractivity contribution in [3.63, 3.8) is 0 Å². The van der Waals surface area contributed by atoms with Gasteiger partial charge in [-0.1, -0.05) is 23.7 Å². The van der Waals surface area contributed by atoms with E-state index in [2.05, 4.69) is 5.32 Å². The maximum absolute atomic E-state index is 12.0. The van der Waals surface area contributed by atoms with E-state index in [1.165, 1.54) is 5.56 Å². The highest BCUT2D eigenvalue weighted by Gasteiger charge is 2.21. The molecule has 0 aliphatic carbocycles. The standard InChI is InChI=1S/C17H24ClN3O2/c18-14-6-4-13(5-7-14)2-1-3-17(23)20-15-8-10-21(11-9-15)12-16(19)22/h4-7,15H,1-3,8-12H2,(H2,19,22)(H,20,23). The van der Waals surface area contributed by atoms with Gasteiger partial charge in [0, 0.05) is 30.6 Å². The largest absolute Gasteiger partial charge is 0.369 e. The number of piperidine rings is 1. The van der Waals surface area contributed by atoms with Crippen LogP contribution < -0.4 is 11.1 Å². The molecule has 1 aliphatic rings. The van der Waals surface area contributed by atoms with Crippen LogP contribution in [0.2, 0.25) is 5.02 Å². The van der Waals surface area contributed by atoms with Gasteiger partial charge in [-0.15, -0.1) is 0 Å². The van der Waals surface area contributed by atoms with E-state index in [9.17, 15) is 9.59 Å². The Bertz CT molecular complexity index is 525. The van der Waals surface area contributed by atoms with Crippen LogP contribution in [0.5, 0.6) is 0 Å². The number of halogens is 1. The second-order valence-electron chi connectivity index (χ2n) is 6.06. The van der Waals surface area contributed by atoms with E-state index in [-0.39, 0.29) is 17.9 Å². The van der Waals surface area contributed by atoms with Crippen LogP contribution in [-0.2, 0) is 16.0 Å². The monoisotopic (exact) mass is 337 g/mol. The number of likely N-dealkylation sites (tertiary alicyclic amines) is 1. The second kappa shape index (κ2) is 8.89. The Hall–Kier alpha value is -1.59. The molecule has 2 rings (SSSR count). The maximum atomic E-state index is 12.0. The van der Waals surface area contributed by atoms with Crippen LogP contribution in [0.15, 0.2) is 24.3 Å². The van der Waals surface area contributed by atoms with Gasteiger partial charge in [0.2, 0.25) is 11.8 Å². The summed E-state index contributed by atoms with van der Waals surface area (Å²) in [6.07, 6.45) is 3.98. The number of benzene rings is 1. The van der Waals surface area contributed by atoms with Crippen LogP contribution in [0, 0.1) is 0 Å². The second-order valence-corrected chi connectivity index (χ2v) is 6.50. The van der Waals surface area contributed by atoms with Crippen LogP contribution in [0.1, 0.15) is 31.2 Å². The molecule has 1 saturated heterocycles. The zero-order valence-corrected chi connectivity index (χ0v) is 14.0. The van der Waals surface area contributed by atoms with E-state index in [0.29, 0.717) is 13.0 Å². The first-order chi connectivity index (χ1) is 11.0. The van der Waals surface area contributed by atoms with Gasteiger partial charge in [0.05, 0.1) is 6.54 Å². The number of amides is 2. The van der Waals surface area contributed by atoms with Gasteiger partial charge in [-0.3, -0.25) is 14.5 Å². The van der Waals surface area contributed by atoms with E-state index in [4.69, 9.17) is 17.3 Å². The van der Waals surface area contributed by atoms with Crippen LogP contribution >= 0.6 is 11.6 Å². The number of primary amides is 1. The molecule has 3 N–H and O–H groups in total. The molecule has 0 atom stereocenters. The molecule has 0 unspecified atom stereocenters. The lowest BCUT2D eigenvalue weighted by Gasteiger charge is -2.31. The number of nitrogens with one attached hydrogen (secondary N) is 1. The molecule has 5 nitrogen and oxygen atoms in total. The summed E-state index contributed by atoms with van der Waals surface area (Å²) >= 11 is 5.85. The topological polar surface area (TPSA) is 75.4 Å². The lowest BCUT2D eigenvalue weighted by molar-refractivity contribution is -0.123. The molecular weight excluding hydrogens is 314 g/mol. The molecule has 0 spiro atoms. The Morgan fingerprint density at radius 1 is 1.22 bits per heavy atom. The summed E-state index contributed by atoms with van der Waals surface area (Å²) in [6, 6.07) is 7.94. The van der Waals surface area contributed by atoms with Gasteiger partial charge in [-0.2, -0.15) is 0 Å². The summed E-state index contributed by atoms with van der Waals surface area (Å²) in [5.74, 6) is -0.193. The third-order valence-electron chi connectivity index (χ3n) is 4.11. The quantitative estimate of drug-likeness (QED) is 0.795. The fourth-order valence-electron chi connectivity index (χ4n) is 2.86. The Morgan fingerprint density at radius 2 is 1.87 bits per heavy atom. The molecule has 1 aliphatic heterocycles. The van der Waals surface area contributed by atoms with Crippen molar-refractivity contribution < 1.29 is 9.59 Å². The molecule has 0 radical (unpaired) electrons. The van der Waals surface area contributed by atoms with Crippen molar-refractivity contribution in [3.8, 4) is 0 Å². The number of carbonyl (C=O) groups is 2. The summed E-state index contributed by atoms with van der Waals surface area (Å²) < 4.78 is 0.